The van der Waals surface area contributed by atoms with Crippen molar-refractivity contribution in [3.05, 3.63) is 18.1 Å². The van der Waals surface area contributed by atoms with Gasteiger partial charge in [0, 0.05) is 32.4 Å². The Bertz CT molecular complexity index is 545. The summed E-state index contributed by atoms with van der Waals surface area (Å²) in [6, 6.07) is 1.93. The molecule has 22 heavy (non-hydrogen) atoms. The van der Waals surface area contributed by atoms with E-state index in [9.17, 15) is 4.79 Å². The average molecular weight is 304 g/mol. The Morgan fingerprint density at radius 1 is 1.32 bits per heavy atom. The van der Waals surface area contributed by atoms with Gasteiger partial charge in [0.15, 0.2) is 0 Å². The maximum absolute atomic E-state index is 12.9. The lowest BCUT2D eigenvalue weighted by Gasteiger charge is -2.43. The smallest absolute Gasteiger partial charge is 0.230 e. The van der Waals surface area contributed by atoms with Crippen molar-refractivity contribution in [3.63, 3.8) is 0 Å². The minimum Gasteiger partial charge on any atom is -0.378 e. The number of carbonyl (C=O) groups is 1. The van der Waals surface area contributed by atoms with Crippen LogP contribution in [0, 0.1) is 12.3 Å². The van der Waals surface area contributed by atoms with E-state index < -0.39 is 0 Å². The number of carbonyl (C=O) groups excluding carboxylic acids is 1. The molecule has 3 rings (SSSR count). The van der Waals surface area contributed by atoms with Crippen LogP contribution in [0.15, 0.2) is 12.3 Å². The van der Waals surface area contributed by atoms with Gasteiger partial charge in [0.05, 0.1) is 18.6 Å². The second kappa shape index (κ2) is 6.20. The highest BCUT2D eigenvalue weighted by Gasteiger charge is 2.41. The molecule has 1 aromatic heterocycles. The van der Waals surface area contributed by atoms with Gasteiger partial charge in [0.1, 0.15) is 11.6 Å². The lowest BCUT2D eigenvalue weighted by atomic mass is 9.80. The number of hydrogen-bond acceptors (Lipinski definition) is 5. The molecule has 2 aliphatic rings. The largest absolute Gasteiger partial charge is 0.378 e. The fourth-order valence-corrected chi connectivity index (χ4v) is 3.38. The Kier molecular flexibility index (Phi) is 4.29. The minimum atomic E-state index is -0.339. The number of anilines is 1. The highest BCUT2D eigenvalue weighted by molar-refractivity contribution is 5.83. The van der Waals surface area contributed by atoms with E-state index in [1.807, 2.05) is 17.9 Å². The minimum absolute atomic E-state index is 0.256. The first-order valence-corrected chi connectivity index (χ1v) is 8.00. The summed E-state index contributed by atoms with van der Waals surface area (Å²) in [7, 11) is 0. The van der Waals surface area contributed by atoms with Crippen molar-refractivity contribution in [1.29, 1.82) is 0 Å². The molecule has 1 amide bonds. The van der Waals surface area contributed by atoms with E-state index in [2.05, 4.69) is 21.8 Å². The molecular weight excluding hydrogens is 280 g/mol. The summed E-state index contributed by atoms with van der Waals surface area (Å²) in [6.07, 6.45) is 3.73. The van der Waals surface area contributed by atoms with Crippen molar-refractivity contribution in [2.24, 2.45) is 5.41 Å². The Morgan fingerprint density at radius 3 is 2.82 bits per heavy atom. The molecule has 2 fully saturated rings. The molecule has 0 N–H and O–H groups in total. The molecule has 0 aromatic carbocycles. The predicted octanol–water partition coefficient (Wildman–Crippen LogP) is 1.25. The topological polar surface area (TPSA) is 58.6 Å². The third kappa shape index (κ3) is 3.06. The number of aromatic nitrogens is 2. The zero-order chi connectivity index (χ0) is 15.6. The average Bonchev–Trinajstić information content (AvgIpc) is 2.55. The van der Waals surface area contributed by atoms with Gasteiger partial charge in [-0.25, -0.2) is 9.97 Å². The van der Waals surface area contributed by atoms with Crippen LogP contribution in [0.2, 0.25) is 0 Å². The van der Waals surface area contributed by atoms with Crippen molar-refractivity contribution in [2.75, 3.05) is 44.3 Å². The molecular formula is C16H24N4O2. The summed E-state index contributed by atoms with van der Waals surface area (Å²) >= 11 is 0. The van der Waals surface area contributed by atoms with E-state index in [4.69, 9.17) is 4.74 Å². The number of hydrogen-bond donors (Lipinski definition) is 0. The molecule has 0 aliphatic carbocycles. The van der Waals surface area contributed by atoms with Crippen LogP contribution in [0.4, 0.5) is 5.82 Å². The first kappa shape index (κ1) is 15.2. The quantitative estimate of drug-likeness (QED) is 0.823. The van der Waals surface area contributed by atoms with Crippen LogP contribution in [-0.4, -0.2) is 60.2 Å². The van der Waals surface area contributed by atoms with Gasteiger partial charge in [-0.3, -0.25) is 4.79 Å². The first-order chi connectivity index (χ1) is 10.6. The van der Waals surface area contributed by atoms with E-state index in [1.165, 1.54) is 0 Å². The highest BCUT2D eigenvalue weighted by atomic mass is 16.5. The molecule has 2 aliphatic heterocycles. The lowest BCUT2D eigenvalue weighted by molar-refractivity contribution is -0.145. The fourth-order valence-electron chi connectivity index (χ4n) is 3.38. The summed E-state index contributed by atoms with van der Waals surface area (Å²) < 4.78 is 5.35. The molecule has 0 spiro atoms. The number of aryl methyl sites for hydroxylation is 1. The fraction of sp³-hybridized carbons (Fsp3) is 0.688. The SMILES string of the molecule is Cc1nccc(N2CCC[C@](C)(C(=O)N3CCOCC3)C2)n1. The van der Waals surface area contributed by atoms with E-state index in [0.29, 0.717) is 26.3 Å². The van der Waals surface area contributed by atoms with Gasteiger partial charge < -0.3 is 14.5 Å². The second-order valence-electron chi connectivity index (χ2n) is 6.45. The van der Waals surface area contributed by atoms with Crippen LogP contribution in [0.1, 0.15) is 25.6 Å². The number of ether oxygens (including phenoxy) is 1. The first-order valence-electron chi connectivity index (χ1n) is 8.00. The van der Waals surface area contributed by atoms with Crippen LogP contribution >= 0.6 is 0 Å². The van der Waals surface area contributed by atoms with Gasteiger partial charge in [-0.1, -0.05) is 0 Å². The second-order valence-corrected chi connectivity index (χ2v) is 6.45. The van der Waals surface area contributed by atoms with Crippen LogP contribution in [0.5, 0.6) is 0 Å². The van der Waals surface area contributed by atoms with Gasteiger partial charge in [0.25, 0.3) is 0 Å². The zero-order valence-corrected chi connectivity index (χ0v) is 13.4. The van der Waals surface area contributed by atoms with Crippen molar-refractivity contribution in [2.45, 2.75) is 26.7 Å². The Labute approximate surface area is 131 Å². The maximum atomic E-state index is 12.9. The van der Waals surface area contributed by atoms with E-state index in [1.54, 1.807) is 6.20 Å². The summed E-state index contributed by atoms with van der Waals surface area (Å²) in [5.41, 5.74) is -0.339. The molecule has 3 heterocycles. The molecule has 1 atom stereocenters. The predicted molar refractivity (Wildman–Crippen MR) is 83.7 cm³/mol. The molecule has 6 nitrogen and oxygen atoms in total. The molecule has 2 saturated heterocycles. The number of piperidine rings is 1. The van der Waals surface area contributed by atoms with E-state index in [-0.39, 0.29) is 11.3 Å². The van der Waals surface area contributed by atoms with Crippen molar-refractivity contribution < 1.29 is 9.53 Å². The van der Waals surface area contributed by atoms with Crippen molar-refractivity contribution in [3.8, 4) is 0 Å². The third-order valence-corrected chi connectivity index (χ3v) is 4.60. The van der Waals surface area contributed by atoms with Gasteiger partial charge in [0.2, 0.25) is 5.91 Å². The Balaban J connectivity index is 1.74. The maximum Gasteiger partial charge on any atom is 0.230 e. The van der Waals surface area contributed by atoms with E-state index in [0.717, 1.165) is 37.6 Å². The van der Waals surface area contributed by atoms with Crippen LogP contribution in [0.3, 0.4) is 0 Å². The van der Waals surface area contributed by atoms with Crippen molar-refractivity contribution in [1.82, 2.24) is 14.9 Å². The van der Waals surface area contributed by atoms with Crippen LogP contribution in [-0.2, 0) is 9.53 Å². The number of amides is 1. The number of morpholine rings is 1. The summed E-state index contributed by atoms with van der Waals surface area (Å²) in [5.74, 6) is 1.95. The standard InChI is InChI=1S/C16H24N4O2/c1-13-17-6-4-14(18-13)20-7-3-5-16(2,12-20)15(21)19-8-10-22-11-9-19/h4,6H,3,5,7-12H2,1-2H3/t16-/m0/s1. The molecule has 0 saturated carbocycles. The molecule has 0 radical (unpaired) electrons. The molecule has 0 bridgehead atoms. The monoisotopic (exact) mass is 304 g/mol. The van der Waals surface area contributed by atoms with Gasteiger partial charge in [-0.15, -0.1) is 0 Å². The Hall–Kier alpha value is -1.69. The molecule has 120 valence electrons. The van der Waals surface area contributed by atoms with Gasteiger partial charge in [-0.2, -0.15) is 0 Å². The van der Waals surface area contributed by atoms with Crippen LogP contribution in [0.25, 0.3) is 0 Å². The Morgan fingerprint density at radius 2 is 2.09 bits per heavy atom. The normalized spacial score (nSPS) is 26.1. The summed E-state index contributed by atoms with van der Waals surface area (Å²) in [5, 5.41) is 0. The van der Waals surface area contributed by atoms with Crippen molar-refractivity contribution >= 4 is 11.7 Å². The molecule has 6 heteroatoms. The van der Waals surface area contributed by atoms with E-state index >= 15 is 0 Å². The molecule has 0 unspecified atom stereocenters. The number of rotatable bonds is 2. The lowest BCUT2D eigenvalue weighted by Crippen LogP contribution is -2.54. The van der Waals surface area contributed by atoms with Gasteiger partial charge >= 0.3 is 0 Å². The van der Waals surface area contributed by atoms with Crippen LogP contribution < -0.4 is 4.90 Å². The summed E-state index contributed by atoms with van der Waals surface area (Å²) in [4.78, 5) is 25.8. The zero-order valence-electron chi connectivity index (χ0n) is 13.4. The third-order valence-electron chi connectivity index (χ3n) is 4.60. The highest BCUT2D eigenvalue weighted by Crippen LogP contribution is 2.33. The summed E-state index contributed by atoms with van der Waals surface area (Å²) in [6.45, 7) is 8.37. The van der Waals surface area contributed by atoms with Gasteiger partial charge in [-0.05, 0) is 32.8 Å². The molecule has 1 aromatic rings. The number of nitrogens with zero attached hydrogens (tertiary/aromatic N) is 4.